The first-order valence-electron chi connectivity index (χ1n) is 5.34. The normalized spacial score (nSPS) is 11.0. The number of rotatable bonds is 4. The molecule has 0 amide bonds. The Morgan fingerprint density at radius 2 is 1.95 bits per heavy atom. The second kappa shape index (κ2) is 5.15. The standard InChI is InChI=1S/C12H12N2O4S/c1-18-12-7-6-9(8-13-12)14-19(16,17)11-5-3-2-4-10(11)15/h2-8,14-15H,1H3. The van der Waals surface area contributed by atoms with Crippen molar-refractivity contribution in [2.45, 2.75) is 4.90 Å². The molecule has 2 aromatic rings. The number of nitrogens with zero attached hydrogens (tertiary/aromatic N) is 1. The molecule has 0 aliphatic rings. The van der Waals surface area contributed by atoms with Gasteiger partial charge in [-0.15, -0.1) is 0 Å². The number of methoxy groups -OCH3 is 1. The van der Waals surface area contributed by atoms with Gasteiger partial charge in [-0.05, 0) is 18.2 Å². The van der Waals surface area contributed by atoms with Gasteiger partial charge >= 0.3 is 0 Å². The number of para-hydroxylation sites is 1. The first-order chi connectivity index (χ1) is 9.03. The van der Waals surface area contributed by atoms with Crippen LogP contribution in [0.25, 0.3) is 0 Å². The van der Waals surface area contributed by atoms with Crippen molar-refractivity contribution in [2.24, 2.45) is 0 Å². The second-order valence-electron chi connectivity index (χ2n) is 3.66. The fraction of sp³-hybridized carbons (Fsp3) is 0.0833. The van der Waals surface area contributed by atoms with Crippen molar-refractivity contribution in [1.29, 1.82) is 0 Å². The zero-order valence-corrected chi connectivity index (χ0v) is 10.9. The van der Waals surface area contributed by atoms with Crippen LogP contribution in [-0.4, -0.2) is 25.6 Å². The number of aromatic nitrogens is 1. The van der Waals surface area contributed by atoms with E-state index >= 15 is 0 Å². The first kappa shape index (κ1) is 13.2. The predicted octanol–water partition coefficient (Wildman–Crippen LogP) is 1.60. The average molecular weight is 280 g/mol. The molecule has 0 spiro atoms. The topological polar surface area (TPSA) is 88.5 Å². The molecular weight excluding hydrogens is 268 g/mol. The summed E-state index contributed by atoms with van der Waals surface area (Å²) in [6.45, 7) is 0. The van der Waals surface area contributed by atoms with Gasteiger partial charge in [-0.2, -0.15) is 0 Å². The van der Waals surface area contributed by atoms with Crippen LogP contribution in [0.4, 0.5) is 5.69 Å². The van der Waals surface area contributed by atoms with Gasteiger partial charge in [0, 0.05) is 6.07 Å². The Kier molecular flexibility index (Phi) is 3.57. The zero-order valence-electron chi connectivity index (χ0n) is 10.1. The summed E-state index contributed by atoms with van der Waals surface area (Å²) in [6, 6.07) is 8.74. The van der Waals surface area contributed by atoms with Crippen molar-refractivity contribution in [3.63, 3.8) is 0 Å². The summed E-state index contributed by atoms with van der Waals surface area (Å²) >= 11 is 0. The number of sulfonamides is 1. The summed E-state index contributed by atoms with van der Waals surface area (Å²) in [7, 11) is -2.38. The molecule has 6 nitrogen and oxygen atoms in total. The molecule has 0 bridgehead atoms. The number of hydrogen-bond donors (Lipinski definition) is 2. The summed E-state index contributed by atoms with van der Waals surface area (Å²) < 4.78 is 31.3. The highest BCUT2D eigenvalue weighted by atomic mass is 32.2. The predicted molar refractivity (Wildman–Crippen MR) is 69.7 cm³/mol. The maximum absolute atomic E-state index is 12.0. The highest BCUT2D eigenvalue weighted by Gasteiger charge is 2.18. The molecule has 2 rings (SSSR count). The van der Waals surface area contributed by atoms with Gasteiger partial charge in [0.1, 0.15) is 10.6 Å². The number of ether oxygens (including phenoxy) is 1. The van der Waals surface area contributed by atoms with E-state index < -0.39 is 10.0 Å². The molecule has 0 saturated heterocycles. The highest BCUT2D eigenvalue weighted by molar-refractivity contribution is 7.92. The summed E-state index contributed by atoms with van der Waals surface area (Å²) in [6.07, 6.45) is 1.33. The van der Waals surface area contributed by atoms with Gasteiger partial charge in [-0.25, -0.2) is 13.4 Å². The number of phenolic OH excluding ortho intramolecular Hbond substituents is 1. The fourth-order valence-corrected chi connectivity index (χ4v) is 2.60. The summed E-state index contributed by atoms with van der Waals surface area (Å²) in [5.74, 6) is 0.0713. The van der Waals surface area contributed by atoms with Crippen molar-refractivity contribution in [1.82, 2.24) is 4.98 Å². The zero-order chi connectivity index (χ0) is 13.9. The number of phenols is 1. The number of hydrogen-bond acceptors (Lipinski definition) is 5. The largest absolute Gasteiger partial charge is 0.507 e. The van der Waals surface area contributed by atoms with Gasteiger partial charge in [-0.1, -0.05) is 12.1 Å². The van der Waals surface area contributed by atoms with Crippen LogP contribution in [0.2, 0.25) is 0 Å². The number of benzene rings is 1. The average Bonchev–Trinajstić information content (AvgIpc) is 2.39. The van der Waals surface area contributed by atoms with Crippen molar-refractivity contribution < 1.29 is 18.3 Å². The fourth-order valence-electron chi connectivity index (χ4n) is 1.46. The third-order valence-corrected chi connectivity index (χ3v) is 3.78. The third-order valence-electron chi connectivity index (χ3n) is 2.35. The second-order valence-corrected chi connectivity index (χ2v) is 5.31. The van der Waals surface area contributed by atoms with Crippen molar-refractivity contribution in [2.75, 3.05) is 11.8 Å². The maximum Gasteiger partial charge on any atom is 0.265 e. The lowest BCUT2D eigenvalue weighted by atomic mass is 10.3. The van der Waals surface area contributed by atoms with Crippen LogP contribution in [0.1, 0.15) is 0 Å². The molecule has 0 aliphatic carbocycles. The molecule has 7 heteroatoms. The van der Waals surface area contributed by atoms with Gasteiger partial charge in [0.2, 0.25) is 5.88 Å². The Bertz CT molecular complexity index is 668. The number of pyridine rings is 1. The van der Waals surface area contributed by atoms with Crippen LogP contribution in [-0.2, 0) is 10.0 Å². The third kappa shape index (κ3) is 2.94. The van der Waals surface area contributed by atoms with Gasteiger partial charge in [0.05, 0.1) is 19.0 Å². The number of aromatic hydroxyl groups is 1. The lowest BCUT2D eigenvalue weighted by Crippen LogP contribution is -2.13. The van der Waals surface area contributed by atoms with Crippen molar-refractivity contribution in [3.8, 4) is 11.6 Å². The van der Waals surface area contributed by atoms with E-state index in [1.165, 1.54) is 43.6 Å². The van der Waals surface area contributed by atoms with E-state index in [1.54, 1.807) is 6.07 Å². The monoisotopic (exact) mass is 280 g/mol. The molecule has 0 fully saturated rings. The summed E-state index contributed by atoms with van der Waals surface area (Å²) in [4.78, 5) is 3.70. The number of anilines is 1. The van der Waals surface area contributed by atoms with E-state index in [0.717, 1.165) is 0 Å². The molecule has 0 unspecified atom stereocenters. The minimum atomic E-state index is -3.84. The van der Waals surface area contributed by atoms with Gasteiger partial charge in [0.25, 0.3) is 10.0 Å². The lowest BCUT2D eigenvalue weighted by molar-refractivity contribution is 0.398. The van der Waals surface area contributed by atoms with Crippen molar-refractivity contribution >= 4 is 15.7 Å². The Morgan fingerprint density at radius 3 is 2.53 bits per heavy atom. The van der Waals surface area contributed by atoms with E-state index in [9.17, 15) is 13.5 Å². The van der Waals surface area contributed by atoms with E-state index in [0.29, 0.717) is 5.88 Å². The van der Waals surface area contributed by atoms with Gasteiger partial charge < -0.3 is 9.84 Å². The van der Waals surface area contributed by atoms with Gasteiger partial charge in [0.15, 0.2) is 0 Å². The van der Waals surface area contributed by atoms with Crippen molar-refractivity contribution in [3.05, 3.63) is 42.6 Å². The molecule has 0 radical (unpaired) electrons. The molecule has 0 atom stereocenters. The Labute approximate surface area is 110 Å². The number of nitrogens with one attached hydrogen (secondary N) is 1. The van der Waals surface area contributed by atoms with Crippen LogP contribution >= 0.6 is 0 Å². The molecule has 0 aliphatic heterocycles. The van der Waals surface area contributed by atoms with E-state index in [-0.39, 0.29) is 16.3 Å². The minimum Gasteiger partial charge on any atom is -0.507 e. The molecule has 2 N–H and O–H groups in total. The van der Waals surface area contributed by atoms with Crippen LogP contribution in [0.3, 0.4) is 0 Å². The summed E-state index contributed by atoms with van der Waals surface area (Å²) in [5.41, 5.74) is 0.282. The Morgan fingerprint density at radius 1 is 1.21 bits per heavy atom. The maximum atomic E-state index is 12.0. The highest BCUT2D eigenvalue weighted by Crippen LogP contribution is 2.24. The van der Waals surface area contributed by atoms with E-state index in [1.807, 2.05) is 0 Å². The molecule has 100 valence electrons. The van der Waals surface area contributed by atoms with Crippen LogP contribution in [0.5, 0.6) is 11.6 Å². The first-order valence-corrected chi connectivity index (χ1v) is 6.82. The van der Waals surface area contributed by atoms with Crippen LogP contribution in [0, 0.1) is 0 Å². The molecule has 19 heavy (non-hydrogen) atoms. The molecular formula is C12H12N2O4S. The quantitative estimate of drug-likeness (QED) is 0.888. The molecule has 0 saturated carbocycles. The Balaban J connectivity index is 2.28. The smallest absolute Gasteiger partial charge is 0.265 e. The molecule has 1 aromatic carbocycles. The van der Waals surface area contributed by atoms with Crippen LogP contribution in [0.15, 0.2) is 47.5 Å². The Hall–Kier alpha value is -2.28. The summed E-state index contributed by atoms with van der Waals surface area (Å²) in [5, 5.41) is 9.55. The molecule has 1 aromatic heterocycles. The minimum absolute atomic E-state index is 0.189. The van der Waals surface area contributed by atoms with Crippen LogP contribution < -0.4 is 9.46 Å². The molecule has 1 heterocycles. The lowest BCUT2D eigenvalue weighted by Gasteiger charge is -2.09. The van der Waals surface area contributed by atoms with E-state index in [2.05, 4.69) is 9.71 Å². The van der Waals surface area contributed by atoms with E-state index in [4.69, 9.17) is 4.74 Å². The van der Waals surface area contributed by atoms with Gasteiger partial charge in [-0.3, -0.25) is 4.72 Å². The SMILES string of the molecule is COc1ccc(NS(=O)(=O)c2ccccc2O)cn1.